The van der Waals surface area contributed by atoms with Gasteiger partial charge in [0.25, 0.3) is 20.1 Å². The average Bonchev–Trinajstić information content (AvgIpc) is 3.41. The minimum absolute atomic E-state index is 0.0837. The Balaban J connectivity index is 2.17. The summed E-state index contributed by atoms with van der Waals surface area (Å²) in [5.74, 6) is -0.778. The van der Waals surface area contributed by atoms with Crippen LogP contribution in [0, 0.1) is 13.8 Å². The smallest absolute Gasteiger partial charge is 0.355 e. The van der Waals surface area contributed by atoms with Crippen molar-refractivity contribution < 1.29 is 35.3 Å². The van der Waals surface area contributed by atoms with Gasteiger partial charge in [0.05, 0.1) is 35.6 Å². The third-order valence-corrected chi connectivity index (χ3v) is 9.92. The number of fused-ring (bicyclic) bond motifs is 1. The fourth-order valence-electron chi connectivity index (χ4n) is 4.03. The quantitative estimate of drug-likeness (QED) is 0.135. The van der Waals surface area contributed by atoms with E-state index in [1.54, 1.807) is 25.5 Å². The Morgan fingerprint density at radius 2 is 1.82 bits per heavy atom. The number of ether oxygens (including phenoxy) is 2. The van der Waals surface area contributed by atoms with E-state index in [2.05, 4.69) is 24.7 Å². The number of nitrogens with zero attached hydrogens (tertiary/aromatic N) is 3. The zero-order chi connectivity index (χ0) is 28.5. The van der Waals surface area contributed by atoms with Crippen LogP contribution < -0.4 is 0 Å². The van der Waals surface area contributed by atoms with E-state index in [1.807, 2.05) is 0 Å². The number of rotatable bonds is 12. The Bertz CT molecular complexity index is 1550. The molecule has 2 heterocycles. The first kappa shape index (κ1) is 30.0. The van der Waals surface area contributed by atoms with Crippen molar-refractivity contribution in [3.05, 3.63) is 46.9 Å². The first-order valence-electron chi connectivity index (χ1n) is 12.1. The average molecular weight is 586 g/mol. The molecular formula is C24H35N3O8S2Si. The molecule has 0 fully saturated rings. The van der Waals surface area contributed by atoms with Crippen LogP contribution in [0.25, 0.3) is 10.9 Å². The van der Waals surface area contributed by atoms with Crippen LogP contribution >= 0.6 is 0 Å². The first-order valence-corrected chi connectivity index (χ1v) is 19.0. The maximum absolute atomic E-state index is 13.8. The molecule has 0 saturated carbocycles. The molecule has 0 aliphatic carbocycles. The van der Waals surface area contributed by atoms with Crippen molar-refractivity contribution in [3.63, 3.8) is 0 Å². The van der Waals surface area contributed by atoms with Gasteiger partial charge >= 0.3 is 5.97 Å². The van der Waals surface area contributed by atoms with Crippen LogP contribution in [0.1, 0.15) is 34.2 Å². The van der Waals surface area contributed by atoms with Gasteiger partial charge in [-0.1, -0.05) is 19.6 Å². The van der Waals surface area contributed by atoms with Gasteiger partial charge in [-0.15, -0.1) is 0 Å². The second kappa shape index (κ2) is 11.3. The fraction of sp³-hybridized carbons (Fsp3) is 0.500. The van der Waals surface area contributed by atoms with E-state index < -0.39 is 40.8 Å². The lowest BCUT2D eigenvalue weighted by Gasteiger charge is -2.17. The summed E-state index contributed by atoms with van der Waals surface area (Å²) in [6.45, 7) is 12.1. The molecule has 0 unspecified atom stereocenters. The van der Waals surface area contributed by atoms with Crippen LogP contribution in [0.2, 0.25) is 25.7 Å². The van der Waals surface area contributed by atoms with Crippen LogP contribution in [0.15, 0.2) is 29.3 Å². The third-order valence-electron chi connectivity index (χ3n) is 5.85. The molecule has 11 nitrogen and oxygen atoms in total. The van der Waals surface area contributed by atoms with Crippen molar-refractivity contribution in [1.29, 1.82) is 0 Å². The summed E-state index contributed by atoms with van der Waals surface area (Å²) in [6, 6.07) is 5.12. The largest absolute Gasteiger partial charge is 0.461 e. The van der Waals surface area contributed by atoms with Gasteiger partial charge < -0.3 is 9.47 Å². The number of aryl methyl sites for hydroxylation is 2. The molecule has 0 saturated heterocycles. The van der Waals surface area contributed by atoms with Crippen molar-refractivity contribution in [2.45, 2.75) is 64.7 Å². The Morgan fingerprint density at radius 1 is 1.13 bits per heavy atom. The highest BCUT2D eigenvalue weighted by molar-refractivity contribution is 7.90. The Hall–Kier alpha value is -2.52. The third kappa shape index (κ3) is 6.72. The molecule has 0 aliphatic heterocycles. The highest BCUT2D eigenvalue weighted by atomic mass is 32.2. The molecule has 0 aliphatic rings. The molecule has 3 rings (SSSR count). The lowest BCUT2D eigenvalue weighted by Crippen LogP contribution is -2.22. The second-order valence-electron chi connectivity index (χ2n) is 10.2. The maximum atomic E-state index is 13.8. The predicted octanol–water partition coefficient (Wildman–Crippen LogP) is 3.66. The van der Waals surface area contributed by atoms with E-state index in [-0.39, 0.29) is 23.9 Å². The van der Waals surface area contributed by atoms with Gasteiger partial charge in [-0.05, 0) is 50.6 Å². The van der Waals surface area contributed by atoms with E-state index in [1.165, 1.54) is 24.4 Å². The number of benzene rings is 1. The summed E-state index contributed by atoms with van der Waals surface area (Å²) in [5.41, 5.74) is 1.62. The first-order chi connectivity index (χ1) is 17.6. The van der Waals surface area contributed by atoms with Gasteiger partial charge in [0, 0.05) is 31.8 Å². The number of carbonyl (C=O) groups is 1. The van der Waals surface area contributed by atoms with Crippen molar-refractivity contribution in [2.75, 3.05) is 19.5 Å². The second-order valence-corrected chi connectivity index (χ2v) is 19.2. The van der Waals surface area contributed by atoms with Gasteiger partial charge in [0.2, 0.25) is 0 Å². The van der Waals surface area contributed by atoms with Gasteiger partial charge in [-0.2, -0.15) is 13.5 Å². The molecule has 14 heteroatoms. The molecule has 210 valence electrons. The van der Waals surface area contributed by atoms with Gasteiger partial charge in [0.15, 0.2) is 0 Å². The van der Waals surface area contributed by atoms with E-state index in [0.29, 0.717) is 34.3 Å². The molecule has 0 spiro atoms. The predicted molar refractivity (Wildman–Crippen MR) is 146 cm³/mol. The lowest BCUT2D eigenvalue weighted by molar-refractivity contribution is 0.0518. The minimum atomic E-state index is -4.29. The summed E-state index contributed by atoms with van der Waals surface area (Å²) in [4.78, 5) is 12.3. The monoisotopic (exact) mass is 585 g/mol. The number of aromatic nitrogens is 3. The summed E-state index contributed by atoms with van der Waals surface area (Å²) >= 11 is 0. The fourth-order valence-corrected chi connectivity index (χ4v) is 6.75. The molecule has 38 heavy (non-hydrogen) atoms. The van der Waals surface area contributed by atoms with E-state index >= 15 is 0 Å². The highest BCUT2D eigenvalue weighted by Gasteiger charge is 2.29. The van der Waals surface area contributed by atoms with Crippen LogP contribution in [0.4, 0.5) is 0 Å². The number of esters is 1. The summed E-state index contributed by atoms with van der Waals surface area (Å²) in [7, 11) is -9.43. The van der Waals surface area contributed by atoms with Crippen molar-refractivity contribution in [3.8, 4) is 0 Å². The molecule has 0 atom stereocenters. The molecule has 0 bridgehead atoms. The molecule has 1 aromatic carbocycles. The van der Waals surface area contributed by atoms with Crippen LogP contribution in [0.5, 0.6) is 0 Å². The minimum Gasteiger partial charge on any atom is -0.461 e. The lowest BCUT2D eigenvalue weighted by atomic mass is 10.0. The Labute approximate surface area is 224 Å². The summed E-state index contributed by atoms with van der Waals surface area (Å²) in [5, 5.41) is 5.11. The van der Waals surface area contributed by atoms with Gasteiger partial charge in [-0.3, -0.25) is 4.18 Å². The van der Waals surface area contributed by atoms with Crippen molar-refractivity contribution in [2.24, 2.45) is 0 Å². The zero-order valence-corrected chi connectivity index (χ0v) is 25.4. The van der Waals surface area contributed by atoms with Crippen LogP contribution in [0.3, 0.4) is 0 Å². The molecule has 0 amide bonds. The van der Waals surface area contributed by atoms with E-state index in [0.717, 1.165) is 16.3 Å². The van der Waals surface area contributed by atoms with Crippen molar-refractivity contribution in [1.82, 2.24) is 13.8 Å². The SMILES string of the molecule is CCOC(=O)c1cccn1S(=O)(=O)c1cc(COS(C)(=O)=O)c2c(c(C)nn2COCC[Si](C)(C)C)c1C. The van der Waals surface area contributed by atoms with Gasteiger partial charge in [-0.25, -0.2) is 21.9 Å². The number of hydrogen-bond acceptors (Lipinski definition) is 9. The summed E-state index contributed by atoms with van der Waals surface area (Å²) < 4.78 is 69.7. The molecule has 0 N–H and O–H groups in total. The topological polar surface area (TPSA) is 136 Å². The number of hydrogen-bond donors (Lipinski definition) is 0. The normalized spacial score (nSPS) is 12.8. The van der Waals surface area contributed by atoms with Gasteiger partial charge in [0.1, 0.15) is 12.4 Å². The van der Waals surface area contributed by atoms with E-state index in [9.17, 15) is 21.6 Å². The molecule has 3 aromatic rings. The number of carbonyl (C=O) groups excluding carboxylic acids is 1. The summed E-state index contributed by atoms with van der Waals surface area (Å²) in [6.07, 6.45) is 2.18. The molecule has 0 radical (unpaired) electrons. The van der Waals surface area contributed by atoms with Crippen LogP contribution in [-0.4, -0.2) is 64.1 Å². The maximum Gasteiger partial charge on any atom is 0.355 e. The highest BCUT2D eigenvalue weighted by Crippen LogP contribution is 2.33. The zero-order valence-electron chi connectivity index (χ0n) is 22.8. The Morgan fingerprint density at radius 3 is 2.42 bits per heavy atom. The van der Waals surface area contributed by atoms with Crippen molar-refractivity contribution >= 4 is 45.1 Å². The van der Waals surface area contributed by atoms with E-state index in [4.69, 9.17) is 13.7 Å². The Kier molecular flexibility index (Phi) is 8.93. The molecule has 2 aromatic heterocycles. The standard InChI is InChI=1S/C24H35N3O8S2Si/c1-8-34-24(28)20-10-9-11-27(20)37(31,32)21-14-19(15-35-36(4,29)30)23-22(17(21)2)18(3)25-26(23)16-33-12-13-38(5,6)7/h9-11,14H,8,12-13,15-16H2,1-7H3. The molecular weight excluding hydrogens is 550 g/mol. The van der Waals surface area contributed by atoms with Crippen LogP contribution in [-0.2, 0) is 47.1 Å².